The van der Waals surface area contributed by atoms with Crippen molar-refractivity contribution in [2.45, 2.75) is 19.1 Å². The lowest BCUT2D eigenvalue weighted by Crippen LogP contribution is -2.36. The fraction of sp³-hybridized carbons (Fsp3) is 0.316. The molecule has 0 bridgehead atoms. The summed E-state index contributed by atoms with van der Waals surface area (Å²) in [5.74, 6) is -1.83. The molecule has 0 radical (unpaired) electrons. The molecule has 6 heteroatoms. The summed E-state index contributed by atoms with van der Waals surface area (Å²) >= 11 is 0. The molecule has 3 rings (SSSR count). The maximum absolute atomic E-state index is 13.6. The highest BCUT2D eigenvalue weighted by molar-refractivity contribution is 5.93. The zero-order valence-electron chi connectivity index (χ0n) is 14.2. The van der Waals surface area contributed by atoms with Crippen molar-refractivity contribution in [3.63, 3.8) is 0 Å². The van der Waals surface area contributed by atoms with Crippen LogP contribution in [0.25, 0.3) is 11.1 Å². The highest BCUT2D eigenvalue weighted by Gasteiger charge is 2.27. The van der Waals surface area contributed by atoms with E-state index in [1.807, 2.05) is 11.9 Å². The molecule has 1 fully saturated rings. The van der Waals surface area contributed by atoms with Crippen LogP contribution in [0.1, 0.15) is 12.8 Å². The van der Waals surface area contributed by atoms with Crippen LogP contribution in [0.5, 0.6) is 0 Å². The van der Waals surface area contributed by atoms with Crippen molar-refractivity contribution >= 4 is 11.8 Å². The van der Waals surface area contributed by atoms with Crippen LogP contribution in [0.3, 0.4) is 0 Å². The molecule has 4 nitrogen and oxygen atoms in total. The summed E-state index contributed by atoms with van der Waals surface area (Å²) in [6.45, 7) is 0.896. The van der Waals surface area contributed by atoms with Crippen LogP contribution in [0.15, 0.2) is 42.5 Å². The van der Waals surface area contributed by atoms with E-state index < -0.39 is 17.7 Å². The standard InChI is InChI=1S/C19H20F2N2O2/c1-22-11-5-8-18(22)25-19(24)23(2)17-7-4-3-6-14(17)13-9-10-15(20)16(21)12-13/h3-4,6-7,9-10,12,18H,5,8,11H2,1-2H3/t18-/m0/s1. The molecule has 25 heavy (non-hydrogen) atoms. The second kappa shape index (κ2) is 7.19. The highest BCUT2D eigenvalue weighted by Crippen LogP contribution is 2.31. The number of hydrogen-bond donors (Lipinski definition) is 0. The molecule has 1 heterocycles. The van der Waals surface area contributed by atoms with E-state index in [0.29, 0.717) is 16.8 Å². The molecule has 1 aliphatic rings. The van der Waals surface area contributed by atoms with Crippen LogP contribution in [0, 0.1) is 11.6 Å². The van der Waals surface area contributed by atoms with Gasteiger partial charge in [-0.1, -0.05) is 24.3 Å². The number of carbonyl (C=O) groups is 1. The molecular weight excluding hydrogens is 326 g/mol. The minimum absolute atomic E-state index is 0.231. The quantitative estimate of drug-likeness (QED) is 0.833. The van der Waals surface area contributed by atoms with Gasteiger partial charge in [-0.2, -0.15) is 0 Å². The van der Waals surface area contributed by atoms with Crippen LogP contribution >= 0.6 is 0 Å². The summed E-state index contributed by atoms with van der Waals surface area (Å²) in [6.07, 6.45) is 1.09. The van der Waals surface area contributed by atoms with E-state index in [-0.39, 0.29) is 6.23 Å². The molecule has 1 saturated heterocycles. The largest absolute Gasteiger partial charge is 0.430 e. The lowest BCUT2D eigenvalue weighted by Gasteiger charge is -2.25. The zero-order chi connectivity index (χ0) is 18.0. The van der Waals surface area contributed by atoms with Gasteiger partial charge in [0.2, 0.25) is 0 Å². The Morgan fingerprint density at radius 1 is 1.20 bits per heavy atom. The van der Waals surface area contributed by atoms with Crippen LogP contribution in [-0.4, -0.2) is 37.9 Å². The number of para-hydroxylation sites is 1. The number of nitrogens with zero attached hydrogens (tertiary/aromatic N) is 2. The monoisotopic (exact) mass is 346 g/mol. The van der Waals surface area contributed by atoms with Gasteiger partial charge in [0.1, 0.15) is 0 Å². The van der Waals surface area contributed by atoms with E-state index in [4.69, 9.17) is 4.74 Å². The van der Waals surface area contributed by atoms with Crippen LogP contribution in [-0.2, 0) is 4.74 Å². The first-order valence-electron chi connectivity index (χ1n) is 8.16. The van der Waals surface area contributed by atoms with E-state index in [1.54, 1.807) is 31.3 Å². The van der Waals surface area contributed by atoms with E-state index in [2.05, 4.69) is 0 Å². The Morgan fingerprint density at radius 3 is 2.64 bits per heavy atom. The smallest absolute Gasteiger partial charge is 0.415 e. The van der Waals surface area contributed by atoms with Gasteiger partial charge in [-0.15, -0.1) is 0 Å². The fourth-order valence-corrected chi connectivity index (χ4v) is 3.00. The van der Waals surface area contributed by atoms with Gasteiger partial charge < -0.3 is 4.74 Å². The van der Waals surface area contributed by atoms with E-state index >= 15 is 0 Å². The molecule has 0 saturated carbocycles. The predicted molar refractivity (Wildman–Crippen MR) is 92.3 cm³/mol. The summed E-state index contributed by atoms with van der Waals surface area (Å²) in [5.41, 5.74) is 1.69. The normalized spacial score (nSPS) is 17.5. The van der Waals surface area contributed by atoms with Gasteiger partial charge in [-0.3, -0.25) is 9.80 Å². The van der Waals surface area contributed by atoms with Gasteiger partial charge >= 0.3 is 6.09 Å². The lowest BCUT2D eigenvalue weighted by atomic mass is 10.0. The molecule has 0 spiro atoms. The first-order chi connectivity index (χ1) is 12.0. The highest BCUT2D eigenvalue weighted by atomic mass is 19.2. The molecule has 0 aliphatic carbocycles. The lowest BCUT2D eigenvalue weighted by molar-refractivity contribution is 0.0315. The van der Waals surface area contributed by atoms with Gasteiger partial charge in [0.05, 0.1) is 5.69 Å². The number of rotatable bonds is 3. The summed E-state index contributed by atoms with van der Waals surface area (Å²) in [5, 5.41) is 0. The van der Waals surface area contributed by atoms with Gasteiger partial charge in [-0.25, -0.2) is 13.6 Å². The average molecular weight is 346 g/mol. The number of likely N-dealkylation sites (tertiary alicyclic amines) is 1. The van der Waals surface area contributed by atoms with Gasteiger partial charge in [0.15, 0.2) is 17.9 Å². The maximum Gasteiger partial charge on any atom is 0.415 e. The Morgan fingerprint density at radius 2 is 1.96 bits per heavy atom. The molecule has 2 aromatic rings. The summed E-state index contributed by atoms with van der Waals surface area (Å²) < 4.78 is 32.3. The minimum atomic E-state index is -0.926. The molecule has 2 aromatic carbocycles. The van der Waals surface area contributed by atoms with Crippen molar-refractivity contribution in [1.29, 1.82) is 0 Å². The van der Waals surface area contributed by atoms with Crippen molar-refractivity contribution < 1.29 is 18.3 Å². The van der Waals surface area contributed by atoms with Gasteiger partial charge in [0, 0.05) is 19.2 Å². The van der Waals surface area contributed by atoms with Crippen molar-refractivity contribution in [3.05, 3.63) is 54.1 Å². The van der Waals surface area contributed by atoms with Crippen LogP contribution < -0.4 is 4.90 Å². The Kier molecular flexibility index (Phi) is 4.99. The average Bonchev–Trinajstić information content (AvgIpc) is 3.01. The molecule has 1 aliphatic heterocycles. The van der Waals surface area contributed by atoms with Crippen molar-refractivity contribution in [2.24, 2.45) is 0 Å². The number of anilines is 1. The van der Waals surface area contributed by atoms with Crippen LogP contribution in [0.2, 0.25) is 0 Å². The summed E-state index contributed by atoms with van der Waals surface area (Å²) in [7, 11) is 3.52. The van der Waals surface area contributed by atoms with Crippen molar-refractivity contribution in [3.8, 4) is 11.1 Å². The number of carbonyl (C=O) groups excluding carboxylic acids is 1. The Balaban J connectivity index is 1.86. The van der Waals surface area contributed by atoms with E-state index in [9.17, 15) is 13.6 Å². The zero-order valence-corrected chi connectivity index (χ0v) is 14.2. The maximum atomic E-state index is 13.6. The molecule has 1 amide bonds. The number of amides is 1. The van der Waals surface area contributed by atoms with Gasteiger partial charge in [-0.05, 0) is 43.7 Å². The first-order valence-corrected chi connectivity index (χ1v) is 8.16. The molecule has 0 N–H and O–H groups in total. The van der Waals surface area contributed by atoms with E-state index in [1.165, 1.54) is 11.0 Å². The van der Waals surface area contributed by atoms with E-state index in [0.717, 1.165) is 31.5 Å². The van der Waals surface area contributed by atoms with Crippen LogP contribution in [0.4, 0.5) is 19.3 Å². The first kappa shape index (κ1) is 17.4. The second-order valence-corrected chi connectivity index (χ2v) is 6.17. The third kappa shape index (κ3) is 3.64. The Labute approximate surface area is 145 Å². The Hall–Kier alpha value is -2.47. The summed E-state index contributed by atoms with van der Waals surface area (Å²) in [6, 6.07) is 10.8. The third-order valence-corrected chi connectivity index (χ3v) is 4.46. The second-order valence-electron chi connectivity index (χ2n) is 6.17. The Bertz CT molecular complexity index is 782. The number of ether oxygens (including phenoxy) is 1. The molecule has 0 aromatic heterocycles. The number of halogens is 2. The molecule has 0 unspecified atom stereocenters. The number of benzene rings is 2. The number of hydrogen-bond acceptors (Lipinski definition) is 3. The van der Waals surface area contributed by atoms with Gasteiger partial charge in [0.25, 0.3) is 0 Å². The fourth-order valence-electron chi connectivity index (χ4n) is 3.00. The third-order valence-electron chi connectivity index (χ3n) is 4.46. The molecular formula is C19H20F2N2O2. The SMILES string of the molecule is CN(C(=O)O[C@H]1CCCN1C)c1ccccc1-c1ccc(F)c(F)c1. The molecule has 132 valence electrons. The topological polar surface area (TPSA) is 32.8 Å². The van der Waals surface area contributed by atoms with Crippen molar-refractivity contribution in [1.82, 2.24) is 4.90 Å². The summed E-state index contributed by atoms with van der Waals surface area (Å²) in [4.78, 5) is 15.9. The predicted octanol–water partition coefficient (Wildman–Crippen LogP) is 4.26. The minimum Gasteiger partial charge on any atom is -0.430 e. The molecule has 1 atom stereocenters. The van der Waals surface area contributed by atoms with Crippen molar-refractivity contribution in [2.75, 3.05) is 25.5 Å².